The van der Waals surface area contributed by atoms with E-state index in [-0.39, 0.29) is 30.3 Å². The fourth-order valence-corrected chi connectivity index (χ4v) is 4.15. The van der Waals surface area contributed by atoms with Crippen LogP contribution in [-0.4, -0.2) is 34.8 Å². The molecule has 0 radical (unpaired) electrons. The van der Waals surface area contributed by atoms with Crippen LogP contribution in [0.5, 0.6) is 0 Å². The molecule has 3 aromatic rings. The Balaban J connectivity index is 1.48. The minimum Gasteiger partial charge on any atom is -0.451 e. The number of fused-ring (bicyclic) bond motifs is 1. The van der Waals surface area contributed by atoms with E-state index < -0.39 is 5.97 Å². The van der Waals surface area contributed by atoms with Crippen LogP contribution in [0.3, 0.4) is 0 Å². The molecule has 1 aliphatic carbocycles. The summed E-state index contributed by atoms with van der Waals surface area (Å²) in [6.07, 6.45) is 5.91. The van der Waals surface area contributed by atoms with Crippen LogP contribution >= 0.6 is 0 Å². The van der Waals surface area contributed by atoms with Crippen LogP contribution in [0.25, 0.3) is 10.8 Å². The lowest BCUT2D eigenvalue weighted by molar-refractivity contribution is -0.124. The molecule has 32 heavy (non-hydrogen) atoms. The molecule has 0 aliphatic heterocycles. The first kappa shape index (κ1) is 21.7. The third-order valence-corrected chi connectivity index (χ3v) is 5.88. The zero-order valence-corrected chi connectivity index (χ0v) is 18.0. The van der Waals surface area contributed by atoms with E-state index >= 15 is 0 Å². The maximum absolute atomic E-state index is 12.9. The predicted octanol–water partition coefficient (Wildman–Crippen LogP) is 3.30. The number of hydrogen-bond donors (Lipinski definition) is 1. The molecule has 4 rings (SSSR count). The lowest BCUT2D eigenvalue weighted by Crippen LogP contribution is -2.34. The second-order valence-corrected chi connectivity index (χ2v) is 8.23. The van der Waals surface area contributed by atoms with Gasteiger partial charge in [-0.05, 0) is 30.4 Å². The van der Waals surface area contributed by atoms with Crippen LogP contribution in [0.1, 0.15) is 48.2 Å². The highest BCUT2D eigenvalue weighted by Gasteiger charge is 2.20. The lowest BCUT2D eigenvalue weighted by atomic mass is 9.89. The summed E-state index contributed by atoms with van der Waals surface area (Å²) < 4.78 is 6.52. The minimum atomic E-state index is -0.726. The zero-order chi connectivity index (χ0) is 22.3. The number of carbonyl (C=O) groups excluding carboxylic acids is 2. The summed E-state index contributed by atoms with van der Waals surface area (Å²) in [6, 6.07) is 16.2. The van der Waals surface area contributed by atoms with E-state index in [9.17, 15) is 14.4 Å². The average molecular weight is 434 g/mol. The van der Waals surface area contributed by atoms with Crippen molar-refractivity contribution < 1.29 is 14.3 Å². The molecular weight excluding hydrogens is 406 g/mol. The maximum Gasteiger partial charge on any atom is 0.359 e. The Labute approximate surface area is 186 Å². The largest absolute Gasteiger partial charge is 0.451 e. The molecule has 7 nitrogen and oxygen atoms in total. The summed E-state index contributed by atoms with van der Waals surface area (Å²) >= 11 is 0. The lowest BCUT2D eigenvalue weighted by Gasteiger charge is -2.21. The summed E-state index contributed by atoms with van der Waals surface area (Å²) in [6.45, 7) is 0.464. The van der Waals surface area contributed by atoms with Gasteiger partial charge in [-0.15, -0.1) is 0 Å². The third kappa shape index (κ3) is 5.22. The molecule has 0 spiro atoms. The van der Waals surface area contributed by atoms with Crippen molar-refractivity contribution in [3.8, 4) is 0 Å². The van der Waals surface area contributed by atoms with E-state index in [1.54, 1.807) is 24.3 Å². The summed E-state index contributed by atoms with van der Waals surface area (Å²) in [5, 5.41) is 7.94. The molecule has 2 aromatic carbocycles. The number of benzene rings is 2. The van der Waals surface area contributed by atoms with Crippen molar-refractivity contribution in [1.29, 1.82) is 0 Å². The van der Waals surface area contributed by atoms with Crippen LogP contribution in [0.15, 0.2) is 59.4 Å². The predicted molar refractivity (Wildman–Crippen MR) is 121 cm³/mol. The molecule has 1 aliphatic rings. The van der Waals surface area contributed by atoms with Crippen molar-refractivity contribution in [3.63, 3.8) is 0 Å². The number of amides is 1. The van der Waals surface area contributed by atoms with E-state index in [1.807, 2.05) is 30.3 Å². The van der Waals surface area contributed by atoms with E-state index in [0.717, 1.165) is 18.4 Å². The van der Waals surface area contributed by atoms with Crippen LogP contribution in [0, 0.1) is 5.92 Å². The van der Waals surface area contributed by atoms with Crippen molar-refractivity contribution in [1.82, 2.24) is 15.1 Å². The van der Waals surface area contributed by atoms with Crippen LogP contribution in [0.4, 0.5) is 0 Å². The monoisotopic (exact) mass is 433 g/mol. The van der Waals surface area contributed by atoms with Gasteiger partial charge in [-0.1, -0.05) is 67.8 Å². The Bertz CT molecular complexity index is 1150. The SMILES string of the molecule is O=C(COC(=O)c1nn(Cc2ccccc2)c(=O)c2ccccc12)NCC1CCCCC1. The van der Waals surface area contributed by atoms with Gasteiger partial charge in [0.25, 0.3) is 11.5 Å². The summed E-state index contributed by atoms with van der Waals surface area (Å²) in [4.78, 5) is 37.9. The van der Waals surface area contributed by atoms with Crippen LogP contribution in [-0.2, 0) is 16.1 Å². The van der Waals surface area contributed by atoms with Gasteiger partial charge in [0.1, 0.15) is 0 Å². The first-order valence-corrected chi connectivity index (χ1v) is 11.1. The second kappa shape index (κ2) is 10.2. The fourth-order valence-electron chi connectivity index (χ4n) is 4.15. The Morgan fingerprint density at radius 1 is 0.969 bits per heavy atom. The molecule has 1 N–H and O–H groups in total. The molecule has 0 saturated heterocycles. The van der Waals surface area contributed by atoms with Gasteiger partial charge < -0.3 is 10.1 Å². The van der Waals surface area contributed by atoms with Gasteiger partial charge in [-0.25, -0.2) is 9.48 Å². The van der Waals surface area contributed by atoms with Crippen molar-refractivity contribution in [2.24, 2.45) is 5.92 Å². The van der Waals surface area contributed by atoms with Gasteiger partial charge in [0.15, 0.2) is 12.3 Å². The number of hydrogen-bond acceptors (Lipinski definition) is 5. The smallest absolute Gasteiger partial charge is 0.359 e. The molecule has 1 amide bonds. The third-order valence-electron chi connectivity index (χ3n) is 5.88. The van der Waals surface area contributed by atoms with Gasteiger partial charge in [0.2, 0.25) is 0 Å². The maximum atomic E-state index is 12.9. The number of esters is 1. The molecule has 1 aromatic heterocycles. The Kier molecular flexibility index (Phi) is 6.94. The topological polar surface area (TPSA) is 90.3 Å². The number of ether oxygens (including phenoxy) is 1. The van der Waals surface area contributed by atoms with Crippen molar-refractivity contribution in [2.75, 3.05) is 13.2 Å². The first-order chi connectivity index (χ1) is 15.6. The van der Waals surface area contributed by atoms with Gasteiger partial charge in [0.05, 0.1) is 11.9 Å². The van der Waals surface area contributed by atoms with Crippen molar-refractivity contribution in [3.05, 3.63) is 76.2 Å². The molecule has 0 atom stereocenters. The highest BCUT2D eigenvalue weighted by Crippen LogP contribution is 2.22. The molecule has 166 valence electrons. The average Bonchev–Trinajstić information content (AvgIpc) is 2.84. The fraction of sp³-hybridized carbons (Fsp3) is 0.360. The summed E-state index contributed by atoms with van der Waals surface area (Å²) in [5.74, 6) is -0.558. The highest BCUT2D eigenvalue weighted by atomic mass is 16.5. The number of nitrogens with one attached hydrogen (secondary N) is 1. The number of nitrogens with zero attached hydrogens (tertiary/aromatic N) is 2. The number of carbonyl (C=O) groups is 2. The van der Waals surface area contributed by atoms with E-state index in [1.165, 1.54) is 23.9 Å². The summed E-state index contributed by atoms with van der Waals surface area (Å²) in [7, 11) is 0. The van der Waals surface area contributed by atoms with E-state index in [4.69, 9.17) is 4.74 Å². The normalized spacial score (nSPS) is 14.2. The summed E-state index contributed by atoms with van der Waals surface area (Å²) in [5.41, 5.74) is 0.626. The van der Waals surface area contributed by atoms with Gasteiger partial charge in [-0.2, -0.15) is 5.10 Å². The van der Waals surface area contributed by atoms with E-state index in [2.05, 4.69) is 10.4 Å². The minimum absolute atomic E-state index is 0.0243. The van der Waals surface area contributed by atoms with Crippen molar-refractivity contribution >= 4 is 22.6 Å². The quantitative estimate of drug-likeness (QED) is 0.578. The zero-order valence-electron chi connectivity index (χ0n) is 18.0. The second-order valence-electron chi connectivity index (χ2n) is 8.23. The highest BCUT2D eigenvalue weighted by molar-refractivity contribution is 6.02. The Morgan fingerprint density at radius 2 is 1.66 bits per heavy atom. The first-order valence-electron chi connectivity index (χ1n) is 11.1. The van der Waals surface area contributed by atoms with Gasteiger partial charge in [0, 0.05) is 11.9 Å². The van der Waals surface area contributed by atoms with E-state index in [0.29, 0.717) is 23.2 Å². The Morgan fingerprint density at radius 3 is 2.41 bits per heavy atom. The molecule has 0 unspecified atom stereocenters. The van der Waals surface area contributed by atoms with Crippen LogP contribution in [0.2, 0.25) is 0 Å². The molecule has 1 fully saturated rings. The van der Waals surface area contributed by atoms with Crippen LogP contribution < -0.4 is 10.9 Å². The molecule has 1 heterocycles. The van der Waals surface area contributed by atoms with Gasteiger partial charge in [-0.3, -0.25) is 9.59 Å². The Hall–Kier alpha value is -3.48. The molecule has 1 saturated carbocycles. The molecule has 0 bridgehead atoms. The van der Waals surface area contributed by atoms with Crippen molar-refractivity contribution in [2.45, 2.75) is 38.6 Å². The number of rotatable bonds is 7. The van der Waals surface area contributed by atoms with Gasteiger partial charge >= 0.3 is 5.97 Å². The number of aromatic nitrogens is 2. The standard InChI is InChI=1S/C25H27N3O4/c29-22(26-15-18-9-3-1-4-10-18)17-32-25(31)23-20-13-7-8-14-21(20)24(30)28(27-23)16-19-11-5-2-6-12-19/h2,5-8,11-14,18H,1,3-4,9-10,15-17H2,(H,26,29). The molecular formula is C25H27N3O4. The molecule has 7 heteroatoms.